The van der Waals surface area contributed by atoms with Crippen molar-refractivity contribution < 1.29 is 9.15 Å². The molecule has 148 valence electrons. The largest absolute Gasteiger partial charge is 0.497 e. The van der Waals surface area contributed by atoms with Crippen LogP contribution in [0, 0.1) is 13.8 Å². The summed E-state index contributed by atoms with van der Waals surface area (Å²) >= 11 is 3.01. The number of methoxy groups -OCH3 is 1. The second-order valence-corrected chi connectivity index (χ2v) is 8.74. The Morgan fingerprint density at radius 3 is 2.79 bits per heavy atom. The maximum absolute atomic E-state index is 11.9. The van der Waals surface area contributed by atoms with Gasteiger partial charge in [0.1, 0.15) is 11.3 Å². The molecule has 2 aromatic carbocycles. The maximum atomic E-state index is 11.9. The third kappa shape index (κ3) is 4.44. The van der Waals surface area contributed by atoms with Crippen LogP contribution < -0.4 is 15.7 Å². The summed E-state index contributed by atoms with van der Waals surface area (Å²) in [6.45, 7) is 4.06. The average Bonchev–Trinajstić information content (AvgIpc) is 3.15. The second kappa shape index (κ2) is 8.26. The number of aryl methyl sites for hydroxylation is 2. The van der Waals surface area contributed by atoms with Crippen molar-refractivity contribution in [2.75, 3.05) is 12.4 Å². The third-order valence-corrected chi connectivity index (χ3v) is 6.54. The summed E-state index contributed by atoms with van der Waals surface area (Å²) in [4.78, 5) is 11.9. The highest BCUT2D eigenvalue weighted by Gasteiger charge is 2.11. The lowest BCUT2D eigenvalue weighted by Gasteiger charge is -2.07. The highest BCUT2D eigenvalue weighted by molar-refractivity contribution is 8.00. The molecule has 0 unspecified atom stereocenters. The first-order valence-corrected chi connectivity index (χ1v) is 10.7. The average molecular weight is 426 g/mol. The van der Waals surface area contributed by atoms with Crippen LogP contribution in [0.15, 0.2) is 56.0 Å². The van der Waals surface area contributed by atoms with Crippen molar-refractivity contribution in [2.45, 2.75) is 23.9 Å². The number of thioether (sulfide) groups is 1. The fourth-order valence-corrected chi connectivity index (χ4v) is 4.65. The van der Waals surface area contributed by atoms with Crippen LogP contribution in [0.4, 0.5) is 10.8 Å². The summed E-state index contributed by atoms with van der Waals surface area (Å²) in [5.41, 5.74) is 4.36. The molecule has 0 saturated heterocycles. The van der Waals surface area contributed by atoms with Crippen LogP contribution in [-0.2, 0) is 5.75 Å². The fourth-order valence-electron chi connectivity index (χ4n) is 2.88. The zero-order valence-electron chi connectivity index (χ0n) is 16.2. The Labute approximate surface area is 175 Å². The molecule has 0 atom stereocenters. The number of nitrogens with zero attached hydrogens (tertiary/aromatic N) is 2. The lowest BCUT2D eigenvalue weighted by atomic mass is 10.0. The molecule has 0 aliphatic heterocycles. The van der Waals surface area contributed by atoms with Crippen molar-refractivity contribution in [2.24, 2.45) is 0 Å². The molecule has 4 rings (SSSR count). The van der Waals surface area contributed by atoms with Gasteiger partial charge in [0, 0.05) is 29.0 Å². The number of ether oxygens (including phenoxy) is 1. The van der Waals surface area contributed by atoms with Crippen molar-refractivity contribution in [3.63, 3.8) is 0 Å². The summed E-state index contributed by atoms with van der Waals surface area (Å²) in [5.74, 6) is 1.38. The Morgan fingerprint density at radius 1 is 1.14 bits per heavy atom. The molecule has 0 spiro atoms. The van der Waals surface area contributed by atoms with E-state index in [9.17, 15) is 4.79 Å². The molecule has 2 heterocycles. The van der Waals surface area contributed by atoms with Crippen LogP contribution in [0.3, 0.4) is 0 Å². The summed E-state index contributed by atoms with van der Waals surface area (Å²) < 4.78 is 11.4. The van der Waals surface area contributed by atoms with Crippen molar-refractivity contribution in [1.82, 2.24) is 10.2 Å². The van der Waals surface area contributed by atoms with Gasteiger partial charge in [-0.15, -0.1) is 10.2 Å². The first-order chi connectivity index (χ1) is 14.0. The summed E-state index contributed by atoms with van der Waals surface area (Å²) in [7, 11) is 1.63. The zero-order chi connectivity index (χ0) is 20.4. The topological polar surface area (TPSA) is 77.2 Å². The van der Waals surface area contributed by atoms with Gasteiger partial charge in [0.2, 0.25) is 5.13 Å². The van der Waals surface area contributed by atoms with Crippen LogP contribution in [0.1, 0.15) is 16.7 Å². The van der Waals surface area contributed by atoms with Gasteiger partial charge in [0.05, 0.1) is 7.11 Å². The molecule has 0 fully saturated rings. The molecule has 0 amide bonds. The van der Waals surface area contributed by atoms with E-state index in [2.05, 4.69) is 28.5 Å². The molecule has 0 bridgehead atoms. The number of aromatic nitrogens is 2. The van der Waals surface area contributed by atoms with Gasteiger partial charge < -0.3 is 14.5 Å². The Hall–Kier alpha value is -2.84. The predicted molar refractivity (Wildman–Crippen MR) is 118 cm³/mol. The molecular formula is C21H19N3O3S2. The molecule has 0 saturated carbocycles. The van der Waals surface area contributed by atoms with E-state index in [0.717, 1.165) is 32.3 Å². The van der Waals surface area contributed by atoms with Gasteiger partial charge in [-0.05, 0) is 54.8 Å². The van der Waals surface area contributed by atoms with Gasteiger partial charge >= 0.3 is 5.63 Å². The highest BCUT2D eigenvalue weighted by Crippen LogP contribution is 2.32. The van der Waals surface area contributed by atoms with Crippen molar-refractivity contribution in [1.29, 1.82) is 0 Å². The first-order valence-electron chi connectivity index (χ1n) is 8.93. The first kappa shape index (κ1) is 19.5. The Balaban J connectivity index is 1.51. The highest BCUT2D eigenvalue weighted by atomic mass is 32.2. The Morgan fingerprint density at radius 2 is 1.97 bits per heavy atom. The van der Waals surface area contributed by atoms with E-state index in [4.69, 9.17) is 9.15 Å². The van der Waals surface area contributed by atoms with Crippen LogP contribution in [0.25, 0.3) is 11.0 Å². The minimum atomic E-state index is -0.339. The fraction of sp³-hybridized carbons (Fsp3) is 0.190. The van der Waals surface area contributed by atoms with Crippen LogP contribution in [-0.4, -0.2) is 17.3 Å². The zero-order valence-corrected chi connectivity index (χ0v) is 17.8. The van der Waals surface area contributed by atoms with Crippen molar-refractivity contribution in [3.05, 3.63) is 69.6 Å². The standard InChI is InChI=1S/C21H19N3O3S2/c1-12-7-17-14(9-19(25)27-18(17)8-13(12)2)11-28-21-24-23-20(29-21)22-15-5-4-6-16(10-15)26-3/h4-10H,11H2,1-3H3,(H,22,23). The van der Waals surface area contributed by atoms with E-state index in [-0.39, 0.29) is 5.63 Å². The predicted octanol–water partition coefficient (Wildman–Crippen LogP) is 5.31. The van der Waals surface area contributed by atoms with Gasteiger partial charge in [-0.25, -0.2) is 4.79 Å². The van der Waals surface area contributed by atoms with Gasteiger partial charge in [0.25, 0.3) is 0 Å². The smallest absolute Gasteiger partial charge is 0.336 e. The number of rotatable bonds is 6. The van der Waals surface area contributed by atoms with E-state index in [1.807, 2.05) is 37.3 Å². The van der Waals surface area contributed by atoms with Gasteiger partial charge in [-0.3, -0.25) is 0 Å². The Bertz CT molecular complexity index is 1230. The normalized spacial score (nSPS) is 11.0. The Kier molecular flexibility index (Phi) is 5.55. The van der Waals surface area contributed by atoms with E-state index in [1.54, 1.807) is 24.9 Å². The number of nitrogens with one attached hydrogen (secondary N) is 1. The number of hydrogen-bond acceptors (Lipinski definition) is 8. The van der Waals surface area contributed by atoms with E-state index >= 15 is 0 Å². The van der Waals surface area contributed by atoms with Crippen LogP contribution in [0.2, 0.25) is 0 Å². The number of anilines is 2. The molecule has 8 heteroatoms. The molecule has 0 aliphatic carbocycles. The molecule has 4 aromatic rings. The monoisotopic (exact) mass is 425 g/mol. The second-order valence-electron chi connectivity index (χ2n) is 6.54. The third-order valence-electron chi connectivity index (χ3n) is 4.52. The molecule has 1 N–H and O–H groups in total. The van der Waals surface area contributed by atoms with E-state index in [1.165, 1.54) is 16.9 Å². The quantitative estimate of drug-likeness (QED) is 0.331. The molecule has 6 nitrogen and oxygen atoms in total. The molecule has 29 heavy (non-hydrogen) atoms. The number of fused-ring (bicyclic) bond motifs is 1. The van der Waals surface area contributed by atoms with E-state index in [0.29, 0.717) is 16.5 Å². The molecule has 0 aliphatic rings. The maximum Gasteiger partial charge on any atom is 0.336 e. The van der Waals surface area contributed by atoms with Gasteiger partial charge in [-0.1, -0.05) is 29.2 Å². The summed E-state index contributed by atoms with van der Waals surface area (Å²) in [6, 6.07) is 13.2. The summed E-state index contributed by atoms with van der Waals surface area (Å²) in [6.07, 6.45) is 0. The van der Waals surface area contributed by atoms with Crippen molar-refractivity contribution >= 4 is 44.9 Å². The summed E-state index contributed by atoms with van der Waals surface area (Å²) in [5, 5.41) is 13.3. The minimum absolute atomic E-state index is 0.339. The molecule has 0 radical (unpaired) electrons. The van der Waals surface area contributed by atoms with Crippen LogP contribution >= 0.6 is 23.1 Å². The number of hydrogen-bond donors (Lipinski definition) is 1. The number of benzene rings is 2. The van der Waals surface area contributed by atoms with Gasteiger partial charge in [-0.2, -0.15) is 0 Å². The lowest BCUT2D eigenvalue weighted by molar-refractivity contribution is 0.415. The minimum Gasteiger partial charge on any atom is -0.497 e. The molecular weight excluding hydrogens is 406 g/mol. The van der Waals surface area contributed by atoms with E-state index < -0.39 is 0 Å². The van der Waals surface area contributed by atoms with Crippen LogP contribution in [0.5, 0.6) is 5.75 Å². The lowest BCUT2D eigenvalue weighted by Crippen LogP contribution is -2.00. The van der Waals surface area contributed by atoms with Gasteiger partial charge in [0.15, 0.2) is 4.34 Å². The van der Waals surface area contributed by atoms with Crippen molar-refractivity contribution in [3.8, 4) is 5.75 Å². The SMILES string of the molecule is COc1cccc(Nc2nnc(SCc3cc(=O)oc4cc(C)c(C)cc34)s2)c1. The molecule has 2 aromatic heterocycles.